The van der Waals surface area contributed by atoms with Crippen LogP contribution in [0, 0.1) is 6.92 Å². The molecule has 1 N–H and O–H groups in total. The summed E-state index contributed by atoms with van der Waals surface area (Å²) in [5.74, 6) is 1.02. The monoisotopic (exact) mass is 288 g/mol. The van der Waals surface area contributed by atoms with Crippen molar-refractivity contribution in [3.63, 3.8) is 0 Å². The lowest BCUT2D eigenvalue weighted by Gasteiger charge is -2.18. The number of nitrogens with one attached hydrogen (secondary N) is 1. The van der Waals surface area contributed by atoms with E-state index in [9.17, 15) is 0 Å². The van der Waals surface area contributed by atoms with Gasteiger partial charge >= 0.3 is 0 Å². The van der Waals surface area contributed by atoms with E-state index in [2.05, 4.69) is 47.4 Å². The minimum absolute atomic E-state index is 0.720. The molecule has 0 radical (unpaired) electrons. The number of anilines is 1. The summed E-state index contributed by atoms with van der Waals surface area (Å²) in [5.41, 5.74) is 4.14. The first kappa shape index (κ1) is 13.5. The number of nitrogens with zero attached hydrogens (tertiary/aromatic N) is 3. The summed E-state index contributed by atoms with van der Waals surface area (Å²) in [6.45, 7) is 3.79. The third kappa shape index (κ3) is 3.35. The van der Waals surface area contributed by atoms with Gasteiger partial charge in [-0.3, -0.25) is 0 Å². The number of thiazole rings is 1. The zero-order valence-electron chi connectivity index (χ0n) is 12.0. The van der Waals surface area contributed by atoms with Gasteiger partial charge in [-0.15, -0.1) is 11.3 Å². The Kier molecular flexibility index (Phi) is 3.98. The van der Waals surface area contributed by atoms with Crippen molar-refractivity contribution in [2.75, 3.05) is 11.9 Å². The smallest absolute Gasteiger partial charge is 0.128 e. The first-order valence-corrected chi connectivity index (χ1v) is 7.90. The van der Waals surface area contributed by atoms with E-state index >= 15 is 0 Å². The quantitative estimate of drug-likeness (QED) is 0.887. The Morgan fingerprint density at radius 1 is 1.40 bits per heavy atom. The molecule has 1 fully saturated rings. The van der Waals surface area contributed by atoms with Gasteiger partial charge in [0, 0.05) is 24.5 Å². The number of hydrogen-bond donors (Lipinski definition) is 1. The van der Waals surface area contributed by atoms with E-state index in [0.29, 0.717) is 0 Å². The molecule has 4 nitrogen and oxygen atoms in total. The van der Waals surface area contributed by atoms with Crippen molar-refractivity contribution in [2.45, 2.75) is 38.9 Å². The predicted octanol–water partition coefficient (Wildman–Crippen LogP) is 2.73. The molecule has 3 rings (SSSR count). The fraction of sp³-hybridized carbons (Fsp3) is 0.467. The second kappa shape index (κ2) is 5.89. The minimum Gasteiger partial charge on any atom is -0.354 e. The maximum absolute atomic E-state index is 4.73. The maximum Gasteiger partial charge on any atom is 0.128 e. The van der Waals surface area contributed by atoms with Crippen molar-refractivity contribution in [1.29, 1.82) is 0 Å². The lowest BCUT2D eigenvalue weighted by molar-refractivity contribution is 0.673. The number of pyridine rings is 1. The highest BCUT2D eigenvalue weighted by Gasteiger charge is 2.20. The summed E-state index contributed by atoms with van der Waals surface area (Å²) in [6, 6.07) is 6.96. The van der Waals surface area contributed by atoms with Crippen LogP contribution in [0.4, 0.5) is 5.82 Å². The van der Waals surface area contributed by atoms with E-state index < -0.39 is 0 Å². The van der Waals surface area contributed by atoms with Gasteiger partial charge in [-0.2, -0.15) is 0 Å². The fourth-order valence-electron chi connectivity index (χ4n) is 2.09. The van der Waals surface area contributed by atoms with Gasteiger partial charge in [0.15, 0.2) is 0 Å². The van der Waals surface area contributed by atoms with Gasteiger partial charge < -0.3 is 10.2 Å². The Hall–Kier alpha value is -1.46. The Morgan fingerprint density at radius 3 is 2.95 bits per heavy atom. The van der Waals surface area contributed by atoms with Crippen LogP contribution in [0.3, 0.4) is 0 Å². The molecule has 1 aliphatic rings. The van der Waals surface area contributed by atoms with Crippen molar-refractivity contribution in [3.8, 4) is 0 Å². The SMILES string of the molecule is Cc1ncsc1CN(C)c1cccc(CNC2CC2)n1. The van der Waals surface area contributed by atoms with Crippen LogP contribution in [0.2, 0.25) is 0 Å². The molecule has 20 heavy (non-hydrogen) atoms. The third-order valence-electron chi connectivity index (χ3n) is 3.56. The lowest BCUT2D eigenvalue weighted by atomic mass is 10.3. The molecule has 5 heteroatoms. The standard InChI is InChI=1S/C15H20N4S/c1-11-14(20-10-17-11)9-19(2)15-5-3-4-13(18-15)8-16-12-6-7-12/h3-5,10,12,16H,6-9H2,1-2H3. The lowest BCUT2D eigenvalue weighted by Crippen LogP contribution is -2.20. The average molecular weight is 288 g/mol. The molecule has 1 aliphatic carbocycles. The van der Waals surface area contributed by atoms with Gasteiger partial charge in [-0.05, 0) is 31.9 Å². The van der Waals surface area contributed by atoms with E-state index in [1.54, 1.807) is 11.3 Å². The number of aromatic nitrogens is 2. The molecule has 0 aliphatic heterocycles. The van der Waals surface area contributed by atoms with Gasteiger partial charge in [0.25, 0.3) is 0 Å². The van der Waals surface area contributed by atoms with Gasteiger partial charge in [0.2, 0.25) is 0 Å². The molecule has 0 aromatic carbocycles. The number of aryl methyl sites for hydroxylation is 1. The number of rotatable bonds is 6. The van der Waals surface area contributed by atoms with Crippen LogP contribution in [0.25, 0.3) is 0 Å². The molecule has 2 aromatic rings. The Balaban J connectivity index is 1.65. The number of hydrogen-bond acceptors (Lipinski definition) is 5. The Labute approximate surface area is 123 Å². The summed E-state index contributed by atoms with van der Waals surface area (Å²) in [6.07, 6.45) is 2.62. The van der Waals surface area contributed by atoms with E-state index in [1.165, 1.54) is 17.7 Å². The molecular weight excluding hydrogens is 268 g/mol. The summed E-state index contributed by atoms with van der Waals surface area (Å²) in [7, 11) is 2.08. The highest BCUT2D eigenvalue weighted by atomic mass is 32.1. The molecule has 0 unspecified atom stereocenters. The Morgan fingerprint density at radius 2 is 2.25 bits per heavy atom. The topological polar surface area (TPSA) is 41.1 Å². The summed E-state index contributed by atoms with van der Waals surface area (Å²) < 4.78 is 0. The molecule has 106 valence electrons. The highest BCUT2D eigenvalue weighted by molar-refractivity contribution is 7.09. The molecule has 0 spiro atoms. The summed E-state index contributed by atoms with van der Waals surface area (Å²) in [5, 5.41) is 3.50. The first-order valence-electron chi connectivity index (χ1n) is 7.02. The largest absolute Gasteiger partial charge is 0.354 e. The highest BCUT2D eigenvalue weighted by Crippen LogP contribution is 2.20. The van der Waals surface area contributed by atoms with E-state index in [-0.39, 0.29) is 0 Å². The summed E-state index contributed by atoms with van der Waals surface area (Å²) >= 11 is 1.71. The summed E-state index contributed by atoms with van der Waals surface area (Å²) in [4.78, 5) is 12.5. The predicted molar refractivity (Wildman–Crippen MR) is 83.1 cm³/mol. The zero-order valence-corrected chi connectivity index (χ0v) is 12.8. The molecule has 2 heterocycles. The van der Waals surface area contributed by atoms with E-state index in [1.807, 2.05) is 5.51 Å². The second-order valence-electron chi connectivity index (χ2n) is 5.36. The van der Waals surface area contributed by atoms with Gasteiger partial charge in [-0.25, -0.2) is 9.97 Å². The molecule has 2 aromatic heterocycles. The average Bonchev–Trinajstić information content (AvgIpc) is 3.21. The normalized spacial score (nSPS) is 14.5. The van der Waals surface area contributed by atoms with Crippen molar-refractivity contribution >= 4 is 17.2 Å². The maximum atomic E-state index is 4.73. The fourth-order valence-corrected chi connectivity index (χ4v) is 2.92. The van der Waals surface area contributed by atoms with Crippen molar-refractivity contribution in [1.82, 2.24) is 15.3 Å². The first-order chi connectivity index (χ1) is 9.72. The molecule has 0 bridgehead atoms. The molecular formula is C15H20N4S. The minimum atomic E-state index is 0.720. The van der Waals surface area contributed by atoms with Gasteiger partial charge in [0.1, 0.15) is 5.82 Å². The second-order valence-corrected chi connectivity index (χ2v) is 6.30. The molecule has 1 saturated carbocycles. The van der Waals surface area contributed by atoms with Crippen molar-refractivity contribution in [2.24, 2.45) is 0 Å². The van der Waals surface area contributed by atoms with Crippen LogP contribution >= 0.6 is 11.3 Å². The third-order valence-corrected chi connectivity index (χ3v) is 4.48. The van der Waals surface area contributed by atoms with Crippen LogP contribution in [-0.4, -0.2) is 23.1 Å². The van der Waals surface area contributed by atoms with Crippen molar-refractivity contribution < 1.29 is 0 Å². The Bertz CT molecular complexity index is 577. The van der Waals surface area contributed by atoms with Crippen LogP contribution in [-0.2, 0) is 13.1 Å². The molecule has 0 atom stereocenters. The van der Waals surface area contributed by atoms with Crippen molar-refractivity contribution in [3.05, 3.63) is 40.0 Å². The van der Waals surface area contributed by atoms with Crippen LogP contribution in [0.1, 0.15) is 29.1 Å². The van der Waals surface area contributed by atoms with Gasteiger partial charge in [0.05, 0.1) is 23.4 Å². The molecule has 0 amide bonds. The zero-order chi connectivity index (χ0) is 13.9. The van der Waals surface area contributed by atoms with E-state index in [0.717, 1.165) is 36.3 Å². The molecule has 0 saturated heterocycles. The van der Waals surface area contributed by atoms with Crippen LogP contribution in [0.15, 0.2) is 23.7 Å². The van der Waals surface area contributed by atoms with E-state index in [4.69, 9.17) is 4.98 Å². The van der Waals surface area contributed by atoms with Crippen LogP contribution in [0.5, 0.6) is 0 Å². The van der Waals surface area contributed by atoms with Crippen LogP contribution < -0.4 is 10.2 Å². The van der Waals surface area contributed by atoms with Gasteiger partial charge in [-0.1, -0.05) is 6.07 Å².